The van der Waals surface area contributed by atoms with Crippen LogP contribution in [0.4, 0.5) is 11.8 Å². The first kappa shape index (κ1) is 21.1. The highest BCUT2D eigenvalue weighted by Crippen LogP contribution is 2.25. The van der Waals surface area contributed by atoms with Crippen LogP contribution in [0.5, 0.6) is 0 Å². The van der Waals surface area contributed by atoms with Gasteiger partial charge in [0, 0.05) is 63.6 Å². The van der Waals surface area contributed by atoms with E-state index in [1.54, 1.807) is 6.20 Å². The average Bonchev–Trinajstić information content (AvgIpc) is 3.08. The number of aromatic nitrogens is 4. The number of aryl methyl sites for hydroxylation is 1. The van der Waals surface area contributed by atoms with Crippen molar-refractivity contribution in [1.82, 2.24) is 24.6 Å². The number of carbonyl (C=O) groups is 1. The molecule has 1 aliphatic heterocycles. The standard InChI is InChI=1S/C21H33N7O/c1-5-22-21-23-10-7-19(25-21)27-11-8-17(9-12-27)13-20(29)26(4)15-18-14-24-28(6-2)16(18)3/h7,10,14,17H,5-6,8-9,11-13,15H2,1-4H3,(H,22,23,25). The van der Waals surface area contributed by atoms with Crippen molar-refractivity contribution in [3.8, 4) is 0 Å². The Bertz CT molecular complexity index is 811. The number of piperidine rings is 1. The first-order valence-corrected chi connectivity index (χ1v) is 10.6. The second kappa shape index (κ2) is 9.71. The molecule has 0 aromatic carbocycles. The summed E-state index contributed by atoms with van der Waals surface area (Å²) in [6.07, 6.45) is 6.30. The zero-order valence-corrected chi connectivity index (χ0v) is 18.1. The lowest BCUT2D eigenvalue weighted by Gasteiger charge is -2.33. The van der Waals surface area contributed by atoms with Gasteiger partial charge in [0.05, 0.1) is 6.20 Å². The second-order valence-corrected chi connectivity index (χ2v) is 7.72. The molecule has 2 aromatic rings. The summed E-state index contributed by atoms with van der Waals surface area (Å²) in [5.74, 6) is 2.27. The summed E-state index contributed by atoms with van der Waals surface area (Å²) in [7, 11) is 1.89. The summed E-state index contributed by atoms with van der Waals surface area (Å²) < 4.78 is 1.97. The third-order valence-electron chi connectivity index (χ3n) is 5.72. The fourth-order valence-corrected chi connectivity index (χ4v) is 3.84. The van der Waals surface area contributed by atoms with Crippen molar-refractivity contribution in [3.63, 3.8) is 0 Å². The molecule has 1 fully saturated rings. The smallest absolute Gasteiger partial charge is 0.224 e. The molecule has 8 nitrogen and oxygen atoms in total. The van der Waals surface area contributed by atoms with E-state index in [1.165, 1.54) is 0 Å². The molecule has 0 radical (unpaired) electrons. The fraction of sp³-hybridized carbons (Fsp3) is 0.619. The van der Waals surface area contributed by atoms with Crippen LogP contribution < -0.4 is 10.2 Å². The number of anilines is 2. The molecular weight excluding hydrogens is 366 g/mol. The third kappa shape index (κ3) is 5.25. The lowest BCUT2D eigenvalue weighted by Crippen LogP contribution is -2.36. The van der Waals surface area contributed by atoms with Crippen molar-refractivity contribution >= 4 is 17.7 Å². The van der Waals surface area contributed by atoms with E-state index >= 15 is 0 Å². The van der Waals surface area contributed by atoms with Crippen molar-refractivity contribution in [2.24, 2.45) is 5.92 Å². The third-order valence-corrected chi connectivity index (χ3v) is 5.72. The molecule has 0 bridgehead atoms. The van der Waals surface area contributed by atoms with Gasteiger partial charge >= 0.3 is 0 Å². The monoisotopic (exact) mass is 399 g/mol. The maximum Gasteiger partial charge on any atom is 0.224 e. The Kier molecular flexibility index (Phi) is 7.06. The first-order chi connectivity index (χ1) is 14.0. The number of nitrogens with one attached hydrogen (secondary N) is 1. The quantitative estimate of drug-likeness (QED) is 0.735. The van der Waals surface area contributed by atoms with E-state index in [-0.39, 0.29) is 5.91 Å². The van der Waals surface area contributed by atoms with Crippen molar-refractivity contribution in [2.75, 3.05) is 36.9 Å². The Hall–Kier alpha value is -2.64. The minimum atomic E-state index is 0.212. The lowest BCUT2D eigenvalue weighted by molar-refractivity contribution is -0.131. The number of amides is 1. The average molecular weight is 400 g/mol. The van der Waals surface area contributed by atoms with E-state index in [4.69, 9.17) is 0 Å². The molecule has 0 atom stereocenters. The van der Waals surface area contributed by atoms with Gasteiger partial charge in [-0.2, -0.15) is 10.1 Å². The number of nitrogens with zero attached hydrogens (tertiary/aromatic N) is 6. The van der Waals surface area contributed by atoms with E-state index < -0.39 is 0 Å². The number of rotatable bonds is 8. The van der Waals surface area contributed by atoms with Crippen molar-refractivity contribution in [2.45, 2.75) is 53.1 Å². The van der Waals surface area contributed by atoms with Gasteiger partial charge in [-0.25, -0.2) is 4.98 Å². The summed E-state index contributed by atoms with van der Waals surface area (Å²) in [6, 6.07) is 1.96. The summed E-state index contributed by atoms with van der Waals surface area (Å²) in [5, 5.41) is 7.53. The van der Waals surface area contributed by atoms with E-state index in [2.05, 4.69) is 39.1 Å². The van der Waals surface area contributed by atoms with E-state index in [0.29, 0.717) is 24.8 Å². The van der Waals surface area contributed by atoms with E-state index in [0.717, 1.165) is 56.1 Å². The van der Waals surface area contributed by atoms with Gasteiger partial charge in [0.25, 0.3) is 0 Å². The largest absolute Gasteiger partial charge is 0.356 e. The number of hydrogen-bond acceptors (Lipinski definition) is 6. The normalized spacial score (nSPS) is 14.8. The highest BCUT2D eigenvalue weighted by atomic mass is 16.2. The summed E-state index contributed by atoms with van der Waals surface area (Å²) in [4.78, 5) is 25.7. The fourth-order valence-electron chi connectivity index (χ4n) is 3.84. The SMILES string of the molecule is CCNc1nccc(N2CCC(CC(=O)N(C)Cc3cnn(CC)c3C)CC2)n1. The minimum Gasteiger partial charge on any atom is -0.356 e. The van der Waals surface area contributed by atoms with Crippen LogP contribution in [0.3, 0.4) is 0 Å². The van der Waals surface area contributed by atoms with Crippen LogP contribution in [-0.4, -0.2) is 57.2 Å². The number of hydrogen-bond donors (Lipinski definition) is 1. The lowest BCUT2D eigenvalue weighted by atomic mass is 9.93. The second-order valence-electron chi connectivity index (χ2n) is 7.72. The molecule has 1 amide bonds. The van der Waals surface area contributed by atoms with Crippen LogP contribution in [0, 0.1) is 12.8 Å². The molecule has 8 heteroatoms. The first-order valence-electron chi connectivity index (χ1n) is 10.6. The highest BCUT2D eigenvalue weighted by Gasteiger charge is 2.24. The van der Waals surface area contributed by atoms with Gasteiger partial charge < -0.3 is 15.1 Å². The minimum absolute atomic E-state index is 0.212. The Labute approximate surface area is 173 Å². The molecule has 0 aliphatic carbocycles. The van der Waals surface area contributed by atoms with Gasteiger partial charge in [-0.3, -0.25) is 9.48 Å². The van der Waals surface area contributed by atoms with Gasteiger partial charge in [-0.1, -0.05) is 0 Å². The van der Waals surface area contributed by atoms with Crippen LogP contribution in [0.2, 0.25) is 0 Å². The Balaban J connectivity index is 1.49. The molecule has 29 heavy (non-hydrogen) atoms. The van der Waals surface area contributed by atoms with Crippen molar-refractivity contribution in [3.05, 3.63) is 29.7 Å². The Morgan fingerprint density at radius 2 is 2.07 bits per heavy atom. The van der Waals surface area contributed by atoms with Crippen molar-refractivity contribution in [1.29, 1.82) is 0 Å². The van der Waals surface area contributed by atoms with Crippen LogP contribution >= 0.6 is 0 Å². The summed E-state index contributed by atoms with van der Waals surface area (Å²) >= 11 is 0. The molecule has 3 rings (SSSR count). The van der Waals surface area contributed by atoms with Crippen LogP contribution in [-0.2, 0) is 17.9 Å². The number of carbonyl (C=O) groups excluding carboxylic acids is 1. The van der Waals surface area contributed by atoms with Crippen LogP contribution in [0.1, 0.15) is 44.4 Å². The van der Waals surface area contributed by atoms with Crippen LogP contribution in [0.15, 0.2) is 18.5 Å². The molecule has 0 spiro atoms. The molecule has 2 aromatic heterocycles. The molecule has 158 valence electrons. The molecule has 1 N–H and O–H groups in total. The van der Waals surface area contributed by atoms with Gasteiger partial charge in [-0.05, 0) is 45.6 Å². The summed E-state index contributed by atoms with van der Waals surface area (Å²) in [6.45, 7) is 10.3. The Morgan fingerprint density at radius 1 is 1.31 bits per heavy atom. The molecule has 1 aliphatic rings. The van der Waals surface area contributed by atoms with Gasteiger partial charge in [-0.15, -0.1) is 0 Å². The molecule has 0 unspecified atom stereocenters. The maximum atomic E-state index is 12.7. The van der Waals surface area contributed by atoms with E-state index in [1.807, 2.05) is 35.8 Å². The van der Waals surface area contributed by atoms with Crippen LogP contribution in [0.25, 0.3) is 0 Å². The molecule has 0 saturated carbocycles. The predicted octanol–water partition coefficient (Wildman–Crippen LogP) is 2.70. The predicted molar refractivity (Wildman–Crippen MR) is 115 cm³/mol. The highest BCUT2D eigenvalue weighted by molar-refractivity contribution is 5.76. The van der Waals surface area contributed by atoms with Gasteiger partial charge in [0.15, 0.2) is 0 Å². The summed E-state index contributed by atoms with van der Waals surface area (Å²) in [5.41, 5.74) is 2.26. The topological polar surface area (TPSA) is 79.2 Å². The zero-order chi connectivity index (χ0) is 20.8. The zero-order valence-electron chi connectivity index (χ0n) is 18.1. The van der Waals surface area contributed by atoms with E-state index in [9.17, 15) is 4.79 Å². The van der Waals surface area contributed by atoms with Crippen molar-refractivity contribution < 1.29 is 4.79 Å². The van der Waals surface area contributed by atoms with Gasteiger partial charge in [0.2, 0.25) is 11.9 Å². The Morgan fingerprint density at radius 3 is 2.72 bits per heavy atom. The molecule has 3 heterocycles. The molecule has 1 saturated heterocycles. The molecular formula is C21H33N7O. The maximum absolute atomic E-state index is 12.7. The van der Waals surface area contributed by atoms with Gasteiger partial charge in [0.1, 0.15) is 5.82 Å².